The lowest BCUT2D eigenvalue weighted by Gasteiger charge is -2.44. The van der Waals surface area contributed by atoms with E-state index < -0.39 is 5.54 Å². The molecule has 1 saturated heterocycles. The highest BCUT2D eigenvalue weighted by Crippen LogP contribution is 2.37. The molecule has 0 unspecified atom stereocenters. The number of nitrogens with zero attached hydrogens (tertiary/aromatic N) is 5. The van der Waals surface area contributed by atoms with Crippen LogP contribution < -0.4 is 15.5 Å². The number of nitrogens with one attached hydrogen (secondary N) is 2. The van der Waals surface area contributed by atoms with E-state index in [9.17, 15) is 4.79 Å². The van der Waals surface area contributed by atoms with E-state index in [0.717, 1.165) is 60.8 Å². The molecule has 4 heterocycles. The summed E-state index contributed by atoms with van der Waals surface area (Å²) in [6.07, 6.45) is 3.92. The first-order valence-electron chi connectivity index (χ1n) is 9.32. The molecular formula is C19H21N7O. The molecule has 1 aromatic carbocycles. The third-order valence-electron chi connectivity index (χ3n) is 5.60. The van der Waals surface area contributed by atoms with Crippen molar-refractivity contribution in [2.24, 2.45) is 0 Å². The van der Waals surface area contributed by atoms with Crippen LogP contribution in [0.5, 0.6) is 0 Å². The fourth-order valence-corrected chi connectivity index (χ4v) is 4.01. The van der Waals surface area contributed by atoms with Crippen molar-refractivity contribution in [1.29, 1.82) is 0 Å². The Kier molecular flexibility index (Phi) is 3.53. The average Bonchev–Trinajstić information content (AvgIpc) is 3.17. The molecule has 0 radical (unpaired) electrons. The Balaban J connectivity index is 1.43. The number of aromatic nitrogens is 4. The molecule has 5 rings (SSSR count). The summed E-state index contributed by atoms with van der Waals surface area (Å²) in [5, 5.41) is 19.3. The lowest BCUT2D eigenvalue weighted by Crippen LogP contribution is -2.58. The highest BCUT2D eigenvalue weighted by molar-refractivity contribution is 6.06. The molecule has 27 heavy (non-hydrogen) atoms. The third kappa shape index (κ3) is 2.51. The molecule has 2 N–H and O–H groups in total. The minimum atomic E-state index is -0.560. The number of fused-ring (bicyclic) bond motifs is 2. The Hall–Kier alpha value is -3.16. The van der Waals surface area contributed by atoms with Crippen molar-refractivity contribution in [3.63, 3.8) is 0 Å². The van der Waals surface area contributed by atoms with Crippen molar-refractivity contribution < 1.29 is 4.79 Å². The fraction of sp³-hybridized carbons (Fsp3) is 0.368. The van der Waals surface area contributed by atoms with Gasteiger partial charge in [0, 0.05) is 13.1 Å². The SMILES string of the molecule is CCc1cc(N2CCC3(CC2)Nc2ccccc2NC3=O)c2nncn2n1. The number of carbonyl (C=O) groups is 1. The van der Waals surface area contributed by atoms with E-state index in [1.54, 1.807) is 10.8 Å². The Bertz CT molecular complexity index is 1020. The quantitative estimate of drug-likeness (QED) is 0.725. The average molecular weight is 363 g/mol. The topological polar surface area (TPSA) is 87.5 Å². The molecule has 0 bridgehead atoms. The maximum Gasteiger partial charge on any atom is 0.250 e. The van der Waals surface area contributed by atoms with Gasteiger partial charge in [0.2, 0.25) is 11.6 Å². The van der Waals surface area contributed by atoms with Crippen LogP contribution in [0.3, 0.4) is 0 Å². The summed E-state index contributed by atoms with van der Waals surface area (Å²) in [7, 11) is 0. The molecule has 8 nitrogen and oxygen atoms in total. The first kappa shape index (κ1) is 16.0. The summed E-state index contributed by atoms with van der Waals surface area (Å²) >= 11 is 0. The van der Waals surface area contributed by atoms with Crippen molar-refractivity contribution in [3.8, 4) is 0 Å². The van der Waals surface area contributed by atoms with Gasteiger partial charge in [-0.1, -0.05) is 19.1 Å². The van der Waals surface area contributed by atoms with Gasteiger partial charge >= 0.3 is 0 Å². The summed E-state index contributed by atoms with van der Waals surface area (Å²) < 4.78 is 1.74. The highest BCUT2D eigenvalue weighted by Gasteiger charge is 2.44. The maximum absolute atomic E-state index is 12.8. The van der Waals surface area contributed by atoms with Crippen LogP contribution in [0.2, 0.25) is 0 Å². The largest absolute Gasteiger partial charge is 0.369 e. The smallest absolute Gasteiger partial charge is 0.250 e. The van der Waals surface area contributed by atoms with Gasteiger partial charge in [0.25, 0.3) is 0 Å². The molecule has 0 aliphatic carbocycles. The standard InChI is InChI=1S/C19H21N7O/c1-2-13-11-16(17-23-20-12-26(17)24-13)25-9-7-19(8-10-25)18(27)21-14-5-3-4-6-15(14)22-19/h3-6,11-12,22H,2,7-10H2,1H3,(H,21,27). The lowest BCUT2D eigenvalue weighted by atomic mass is 9.84. The number of hydrogen-bond acceptors (Lipinski definition) is 6. The van der Waals surface area contributed by atoms with Crippen molar-refractivity contribution in [1.82, 2.24) is 19.8 Å². The maximum atomic E-state index is 12.8. The van der Waals surface area contributed by atoms with Crippen molar-refractivity contribution in [2.75, 3.05) is 28.6 Å². The Morgan fingerprint density at radius 2 is 1.96 bits per heavy atom. The number of piperidine rings is 1. The summed E-state index contributed by atoms with van der Waals surface area (Å²) in [5.41, 5.74) is 4.07. The van der Waals surface area contributed by atoms with Crippen LogP contribution in [-0.2, 0) is 11.2 Å². The molecular weight excluding hydrogens is 342 g/mol. The fourth-order valence-electron chi connectivity index (χ4n) is 4.01. The summed E-state index contributed by atoms with van der Waals surface area (Å²) in [6.45, 7) is 3.61. The van der Waals surface area contributed by atoms with Gasteiger partial charge in [-0.25, -0.2) is 0 Å². The predicted molar refractivity (Wildman–Crippen MR) is 103 cm³/mol. The van der Waals surface area contributed by atoms with Gasteiger partial charge in [-0.3, -0.25) is 4.79 Å². The van der Waals surface area contributed by atoms with E-state index in [-0.39, 0.29) is 5.91 Å². The van der Waals surface area contributed by atoms with E-state index >= 15 is 0 Å². The van der Waals surface area contributed by atoms with Crippen LogP contribution in [0, 0.1) is 0 Å². The van der Waals surface area contributed by atoms with E-state index in [1.807, 2.05) is 24.3 Å². The second kappa shape index (κ2) is 5.94. The molecule has 1 spiro atoms. The molecule has 3 aromatic rings. The molecule has 2 aromatic heterocycles. The Morgan fingerprint density at radius 1 is 1.19 bits per heavy atom. The number of benzene rings is 1. The van der Waals surface area contributed by atoms with Crippen molar-refractivity contribution in [2.45, 2.75) is 31.7 Å². The minimum Gasteiger partial charge on any atom is -0.369 e. The van der Waals surface area contributed by atoms with Gasteiger partial charge in [-0.15, -0.1) is 10.2 Å². The zero-order valence-corrected chi connectivity index (χ0v) is 15.1. The molecule has 0 saturated carbocycles. The van der Waals surface area contributed by atoms with Gasteiger partial charge in [-0.2, -0.15) is 9.61 Å². The number of para-hydroxylation sites is 2. The first-order valence-corrected chi connectivity index (χ1v) is 9.32. The number of rotatable bonds is 2. The first-order chi connectivity index (χ1) is 13.2. The van der Waals surface area contributed by atoms with Gasteiger partial charge in [-0.05, 0) is 37.5 Å². The zero-order valence-electron chi connectivity index (χ0n) is 15.1. The van der Waals surface area contributed by atoms with Gasteiger partial charge in [0.1, 0.15) is 11.9 Å². The number of amides is 1. The zero-order chi connectivity index (χ0) is 18.4. The minimum absolute atomic E-state index is 0.0532. The number of anilines is 3. The summed E-state index contributed by atoms with van der Waals surface area (Å²) in [4.78, 5) is 15.1. The summed E-state index contributed by atoms with van der Waals surface area (Å²) in [5.74, 6) is 0.0532. The third-order valence-corrected chi connectivity index (χ3v) is 5.60. The predicted octanol–water partition coefficient (Wildman–Crippen LogP) is 2.09. The molecule has 2 aliphatic heterocycles. The second-order valence-corrected chi connectivity index (χ2v) is 7.17. The second-order valence-electron chi connectivity index (χ2n) is 7.17. The van der Waals surface area contributed by atoms with Gasteiger partial charge in [0.15, 0.2) is 0 Å². The summed E-state index contributed by atoms with van der Waals surface area (Å²) in [6, 6.07) is 9.94. The van der Waals surface area contributed by atoms with E-state index in [0.29, 0.717) is 0 Å². The van der Waals surface area contributed by atoms with Crippen molar-refractivity contribution in [3.05, 3.63) is 42.4 Å². The molecule has 1 amide bonds. The number of hydrogen-bond donors (Lipinski definition) is 2. The van der Waals surface area contributed by atoms with E-state index in [2.05, 4.69) is 43.8 Å². The normalized spacial score (nSPS) is 18.3. The molecule has 0 atom stereocenters. The molecule has 1 fully saturated rings. The molecule has 2 aliphatic rings. The Morgan fingerprint density at radius 3 is 2.74 bits per heavy atom. The van der Waals surface area contributed by atoms with E-state index in [4.69, 9.17) is 0 Å². The number of aryl methyl sites for hydroxylation is 1. The van der Waals surface area contributed by atoms with Crippen LogP contribution in [0.4, 0.5) is 17.1 Å². The van der Waals surface area contributed by atoms with Crippen LogP contribution >= 0.6 is 0 Å². The Labute approximate surface area is 156 Å². The highest BCUT2D eigenvalue weighted by atomic mass is 16.2. The van der Waals surface area contributed by atoms with Crippen LogP contribution in [0.15, 0.2) is 36.7 Å². The van der Waals surface area contributed by atoms with Crippen LogP contribution in [0.1, 0.15) is 25.5 Å². The number of carbonyl (C=O) groups excluding carboxylic acids is 1. The van der Waals surface area contributed by atoms with Gasteiger partial charge < -0.3 is 15.5 Å². The van der Waals surface area contributed by atoms with Gasteiger partial charge in [0.05, 0.1) is 22.8 Å². The molecule has 138 valence electrons. The van der Waals surface area contributed by atoms with Crippen LogP contribution in [0.25, 0.3) is 5.65 Å². The lowest BCUT2D eigenvalue weighted by molar-refractivity contribution is -0.121. The van der Waals surface area contributed by atoms with E-state index in [1.165, 1.54) is 0 Å². The monoisotopic (exact) mass is 363 g/mol. The van der Waals surface area contributed by atoms with Crippen molar-refractivity contribution >= 4 is 28.6 Å². The molecule has 8 heteroatoms. The van der Waals surface area contributed by atoms with Crippen LogP contribution in [-0.4, -0.2) is 44.3 Å².